The molecule has 7 nitrogen and oxygen atoms in total. The molecule has 0 bridgehead atoms. The largest absolute Gasteiger partial charge is 0.478 e. The highest BCUT2D eigenvalue weighted by Gasteiger charge is 2.27. The van der Waals surface area contributed by atoms with E-state index in [9.17, 15) is 14.7 Å². The molecule has 7 heteroatoms. The first-order chi connectivity index (χ1) is 13.5. The van der Waals surface area contributed by atoms with E-state index in [1.807, 2.05) is 0 Å². The van der Waals surface area contributed by atoms with Crippen LogP contribution < -0.4 is 14.8 Å². The number of carbonyl (C=O) groups is 2. The Morgan fingerprint density at radius 3 is 2.75 bits per heavy atom. The number of pyridine rings is 1. The predicted molar refractivity (Wildman–Crippen MR) is 103 cm³/mol. The summed E-state index contributed by atoms with van der Waals surface area (Å²) in [6.07, 6.45) is 4.50. The van der Waals surface area contributed by atoms with Crippen LogP contribution in [0.15, 0.2) is 36.7 Å². The molecule has 0 saturated heterocycles. The molecule has 0 aliphatic carbocycles. The third-order valence-electron chi connectivity index (χ3n) is 4.63. The van der Waals surface area contributed by atoms with Crippen molar-refractivity contribution in [3.05, 3.63) is 53.3 Å². The van der Waals surface area contributed by atoms with Gasteiger partial charge in [0.2, 0.25) is 6.79 Å². The molecule has 28 heavy (non-hydrogen) atoms. The van der Waals surface area contributed by atoms with Gasteiger partial charge in [-0.2, -0.15) is 0 Å². The fourth-order valence-corrected chi connectivity index (χ4v) is 3.47. The van der Waals surface area contributed by atoms with E-state index >= 15 is 0 Å². The van der Waals surface area contributed by atoms with Gasteiger partial charge in [0.15, 0.2) is 11.5 Å². The summed E-state index contributed by atoms with van der Waals surface area (Å²) >= 11 is 0. The maximum absolute atomic E-state index is 12.3. The van der Waals surface area contributed by atoms with E-state index in [-0.39, 0.29) is 29.9 Å². The fourth-order valence-electron chi connectivity index (χ4n) is 3.47. The third kappa shape index (κ3) is 4.60. The quantitative estimate of drug-likeness (QED) is 0.726. The highest BCUT2D eigenvalue weighted by Crippen LogP contribution is 2.38. The van der Waals surface area contributed by atoms with E-state index in [1.54, 1.807) is 30.5 Å². The van der Waals surface area contributed by atoms with Crippen molar-refractivity contribution in [2.45, 2.75) is 26.7 Å². The number of carboxylic acids is 1. The number of aromatic nitrogens is 1. The summed E-state index contributed by atoms with van der Waals surface area (Å²) < 4.78 is 10.7. The molecule has 0 saturated carbocycles. The van der Waals surface area contributed by atoms with E-state index in [4.69, 9.17) is 9.47 Å². The monoisotopic (exact) mass is 384 g/mol. The van der Waals surface area contributed by atoms with Crippen LogP contribution in [-0.2, 0) is 6.42 Å². The standard InChI is InChI=1S/C21H24N2O5/c1-13(2)8-14(10-23-20(24)16-4-3-7-22-11-16)9-15-5-6-17-19(28-12-27-17)18(15)21(25)26/h3-7,11,13-14H,8-10,12H2,1-2H3,(H,23,24)(H,25,26)/t14-/m0/s1. The van der Waals surface area contributed by atoms with E-state index in [1.165, 1.54) is 6.20 Å². The van der Waals surface area contributed by atoms with Gasteiger partial charge in [0.1, 0.15) is 5.56 Å². The molecule has 1 amide bonds. The van der Waals surface area contributed by atoms with Crippen LogP contribution in [0.5, 0.6) is 11.5 Å². The van der Waals surface area contributed by atoms with Crippen LogP contribution in [0.1, 0.15) is 46.5 Å². The average molecular weight is 384 g/mol. The summed E-state index contributed by atoms with van der Waals surface area (Å²) in [5.41, 5.74) is 1.32. The molecule has 0 radical (unpaired) electrons. The summed E-state index contributed by atoms with van der Waals surface area (Å²) in [5.74, 6) is -0.00755. The second-order valence-corrected chi connectivity index (χ2v) is 7.29. The minimum atomic E-state index is -1.04. The van der Waals surface area contributed by atoms with Crippen LogP contribution in [-0.4, -0.2) is 35.3 Å². The lowest BCUT2D eigenvalue weighted by Gasteiger charge is -2.21. The zero-order valence-electron chi connectivity index (χ0n) is 16.0. The molecular formula is C21H24N2O5. The smallest absolute Gasteiger partial charge is 0.339 e. The average Bonchev–Trinajstić information content (AvgIpc) is 3.14. The van der Waals surface area contributed by atoms with Crippen LogP contribution in [0, 0.1) is 11.8 Å². The normalized spacial score (nSPS) is 13.4. The molecule has 1 aromatic heterocycles. The molecule has 2 N–H and O–H groups in total. The minimum Gasteiger partial charge on any atom is -0.478 e. The second-order valence-electron chi connectivity index (χ2n) is 7.29. The first-order valence-electron chi connectivity index (χ1n) is 9.28. The van der Waals surface area contributed by atoms with Gasteiger partial charge >= 0.3 is 5.97 Å². The Kier molecular flexibility index (Phi) is 6.13. The number of nitrogens with one attached hydrogen (secondary N) is 1. The summed E-state index contributed by atoms with van der Waals surface area (Å²) in [4.78, 5) is 28.1. The van der Waals surface area contributed by atoms with Gasteiger partial charge < -0.3 is 19.9 Å². The van der Waals surface area contributed by atoms with Crippen LogP contribution in [0.4, 0.5) is 0 Å². The molecule has 1 aromatic carbocycles. The maximum atomic E-state index is 12.3. The fraction of sp³-hybridized carbons (Fsp3) is 0.381. The van der Waals surface area contributed by atoms with Crippen molar-refractivity contribution in [3.8, 4) is 11.5 Å². The number of ether oxygens (including phenoxy) is 2. The van der Waals surface area contributed by atoms with Crippen molar-refractivity contribution in [1.29, 1.82) is 0 Å². The van der Waals surface area contributed by atoms with E-state index in [0.29, 0.717) is 35.8 Å². The Labute approximate surface area is 163 Å². The predicted octanol–water partition coefficient (Wildman–Crippen LogP) is 3.14. The zero-order chi connectivity index (χ0) is 20.1. The number of hydrogen-bond donors (Lipinski definition) is 2. The summed E-state index contributed by atoms with van der Waals surface area (Å²) in [6.45, 7) is 4.68. The van der Waals surface area contributed by atoms with Crippen LogP contribution in [0.3, 0.4) is 0 Å². The van der Waals surface area contributed by atoms with Crippen molar-refractivity contribution in [1.82, 2.24) is 10.3 Å². The molecule has 0 spiro atoms. The lowest BCUT2D eigenvalue weighted by Crippen LogP contribution is -2.31. The van der Waals surface area contributed by atoms with E-state index < -0.39 is 5.97 Å². The van der Waals surface area contributed by atoms with Crippen LogP contribution >= 0.6 is 0 Å². The Morgan fingerprint density at radius 2 is 2.07 bits per heavy atom. The number of rotatable bonds is 8. The molecule has 2 aromatic rings. The van der Waals surface area contributed by atoms with Gasteiger partial charge in [-0.1, -0.05) is 19.9 Å². The Morgan fingerprint density at radius 1 is 1.25 bits per heavy atom. The topological polar surface area (TPSA) is 97.8 Å². The van der Waals surface area contributed by atoms with Crippen LogP contribution in [0.2, 0.25) is 0 Å². The summed E-state index contributed by atoms with van der Waals surface area (Å²) in [5, 5.41) is 12.6. The van der Waals surface area contributed by atoms with Gasteiger partial charge in [-0.15, -0.1) is 0 Å². The number of hydrogen-bond acceptors (Lipinski definition) is 5. The number of amides is 1. The van der Waals surface area contributed by atoms with Gasteiger partial charge in [0.05, 0.1) is 5.56 Å². The molecular weight excluding hydrogens is 360 g/mol. The van der Waals surface area contributed by atoms with Gasteiger partial charge in [-0.3, -0.25) is 9.78 Å². The summed E-state index contributed by atoms with van der Waals surface area (Å²) in [7, 11) is 0. The van der Waals surface area contributed by atoms with E-state index in [2.05, 4.69) is 24.1 Å². The Balaban J connectivity index is 1.76. The zero-order valence-corrected chi connectivity index (χ0v) is 16.0. The number of nitrogens with zero attached hydrogens (tertiary/aromatic N) is 1. The second kappa shape index (κ2) is 8.73. The highest BCUT2D eigenvalue weighted by molar-refractivity contribution is 5.94. The number of benzene rings is 1. The number of carboxylic acid groups (broad SMARTS) is 1. The van der Waals surface area contributed by atoms with Crippen LogP contribution in [0.25, 0.3) is 0 Å². The lowest BCUT2D eigenvalue weighted by atomic mass is 9.88. The SMILES string of the molecule is CC(C)C[C@H](CNC(=O)c1cccnc1)Cc1ccc2c(c1C(=O)O)OCO2. The minimum absolute atomic E-state index is 0.0235. The number of carbonyl (C=O) groups excluding carboxylic acids is 1. The number of aromatic carboxylic acids is 1. The lowest BCUT2D eigenvalue weighted by molar-refractivity contribution is 0.0690. The Bertz CT molecular complexity index is 851. The molecule has 148 valence electrons. The molecule has 3 rings (SSSR count). The van der Waals surface area contributed by atoms with Gasteiger partial charge in [-0.05, 0) is 48.4 Å². The van der Waals surface area contributed by atoms with Crippen molar-refractivity contribution in [3.63, 3.8) is 0 Å². The van der Waals surface area contributed by atoms with Gasteiger partial charge in [0.25, 0.3) is 5.91 Å². The molecule has 1 aliphatic rings. The molecule has 0 unspecified atom stereocenters. The number of fused-ring (bicyclic) bond motifs is 1. The molecule has 0 fully saturated rings. The summed E-state index contributed by atoms with van der Waals surface area (Å²) in [6, 6.07) is 6.93. The van der Waals surface area contributed by atoms with Gasteiger partial charge in [-0.25, -0.2) is 4.79 Å². The first-order valence-corrected chi connectivity index (χ1v) is 9.28. The highest BCUT2D eigenvalue weighted by atomic mass is 16.7. The third-order valence-corrected chi connectivity index (χ3v) is 4.63. The Hall–Kier alpha value is -3.09. The van der Waals surface area contributed by atoms with Crippen molar-refractivity contribution < 1.29 is 24.2 Å². The molecule has 1 aliphatic heterocycles. The molecule has 1 atom stereocenters. The van der Waals surface area contributed by atoms with Crippen molar-refractivity contribution in [2.75, 3.05) is 13.3 Å². The van der Waals surface area contributed by atoms with E-state index in [0.717, 1.165) is 6.42 Å². The van der Waals surface area contributed by atoms with Crippen molar-refractivity contribution >= 4 is 11.9 Å². The maximum Gasteiger partial charge on any atom is 0.339 e. The van der Waals surface area contributed by atoms with Gasteiger partial charge in [0, 0.05) is 18.9 Å². The molecule has 2 heterocycles. The van der Waals surface area contributed by atoms with Crippen molar-refractivity contribution in [2.24, 2.45) is 11.8 Å². The first kappa shape index (κ1) is 19.7.